The predicted molar refractivity (Wildman–Crippen MR) is 330 cm³/mol. The Labute approximate surface area is 469 Å². The molecular formula is C72H66BF3N4. The van der Waals surface area contributed by atoms with Crippen LogP contribution >= 0.6 is 0 Å². The lowest BCUT2D eigenvalue weighted by molar-refractivity contribution is -0.137. The van der Waals surface area contributed by atoms with Gasteiger partial charge in [0.15, 0.2) is 0 Å². The highest BCUT2D eigenvalue weighted by Crippen LogP contribution is 2.49. The Bertz CT molecular complexity index is 3990. The molecule has 1 aromatic heterocycles. The van der Waals surface area contributed by atoms with Gasteiger partial charge in [0.2, 0.25) is 0 Å². The van der Waals surface area contributed by atoms with Gasteiger partial charge in [-0.05, 0) is 174 Å². The van der Waals surface area contributed by atoms with Crippen molar-refractivity contribution in [2.45, 2.75) is 111 Å². The van der Waals surface area contributed by atoms with Gasteiger partial charge >= 0.3 is 6.18 Å². The zero-order valence-corrected chi connectivity index (χ0v) is 47.8. The fourth-order valence-electron chi connectivity index (χ4n) is 12.1. The highest BCUT2D eigenvalue weighted by molar-refractivity contribution is 7.00. The van der Waals surface area contributed by atoms with E-state index in [1.807, 2.05) is 18.2 Å². The largest absolute Gasteiger partial charge is 0.416 e. The Kier molecular flexibility index (Phi) is 12.1. The van der Waals surface area contributed by atoms with Crippen molar-refractivity contribution in [1.29, 1.82) is 5.26 Å². The lowest BCUT2D eigenvalue weighted by atomic mass is 9.33. The molecule has 80 heavy (non-hydrogen) atoms. The molecule has 0 aliphatic carbocycles. The quantitative estimate of drug-likeness (QED) is 0.161. The van der Waals surface area contributed by atoms with Gasteiger partial charge < -0.3 is 14.4 Å². The van der Waals surface area contributed by atoms with Crippen LogP contribution in [0.15, 0.2) is 182 Å². The number of nitrogens with zero attached hydrogens (tertiary/aromatic N) is 4. The second kappa shape index (κ2) is 18.4. The van der Waals surface area contributed by atoms with Gasteiger partial charge in [0.05, 0.1) is 33.9 Å². The first-order valence-corrected chi connectivity index (χ1v) is 27.8. The Morgan fingerprint density at radius 3 is 1.40 bits per heavy atom. The zero-order chi connectivity index (χ0) is 56.6. The molecule has 0 saturated heterocycles. The van der Waals surface area contributed by atoms with E-state index in [0.717, 1.165) is 73.1 Å². The number of alkyl halides is 3. The standard InChI is InChI=1S/C72H66BF3N4/c1-68(2,3)49-36-50(69(4,5)6)39-53(38-49)78-63-26-17-14-23-58(63)73-59-24-15-18-27-64(59)79(54-40-51(70(7,8)9)37-52(41-54)71(10,11)12)66-35-47(34-65(78)67(66)73)45-28-30-62-57(33-45)55-22-13-16-25-60(55)80(62)61-31-29-48(72(74,75)76)42-56(61)46-21-19-20-44(32-46)43-77/h13-42H,1-12H3. The molecule has 4 nitrogen and oxygen atoms in total. The molecule has 0 fully saturated rings. The summed E-state index contributed by atoms with van der Waals surface area (Å²) in [6, 6.07) is 64.7. The molecule has 0 unspecified atom stereocenters. The number of hydrogen-bond donors (Lipinski definition) is 0. The Hall–Kier alpha value is -8.28. The summed E-state index contributed by atoms with van der Waals surface area (Å²) < 4.78 is 45.8. The monoisotopic (exact) mass is 1050 g/mol. The highest BCUT2D eigenvalue weighted by Gasteiger charge is 2.44. The van der Waals surface area contributed by atoms with E-state index in [-0.39, 0.29) is 28.4 Å². The molecule has 3 heterocycles. The van der Waals surface area contributed by atoms with Crippen LogP contribution in [-0.2, 0) is 27.8 Å². The minimum Gasteiger partial charge on any atom is -0.311 e. The fourth-order valence-corrected chi connectivity index (χ4v) is 12.1. The molecule has 398 valence electrons. The molecule has 0 amide bonds. The third kappa shape index (κ3) is 8.87. The summed E-state index contributed by atoms with van der Waals surface area (Å²) in [7, 11) is 0. The molecule has 2 aliphatic rings. The molecular weight excluding hydrogens is 989 g/mol. The van der Waals surface area contributed by atoms with Gasteiger partial charge in [-0.3, -0.25) is 0 Å². The van der Waals surface area contributed by atoms with Gasteiger partial charge in [0, 0.05) is 50.5 Å². The number of hydrogen-bond acceptors (Lipinski definition) is 3. The topological polar surface area (TPSA) is 35.2 Å². The second-order valence-electron chi connectivity index (χ2n) is 26.2. The van der Waals surface area contributed by atoms with Crippen molar-refractivity contribution in [1.82, 2.24) is 4.57 Å². The van der Waals surface area contributed by atoms with Crippen molar-refractivity contribution in [2.24, 2.45) is 0 Å². The molecule has 0 atom stereocenters. The summed E-state index contributed by atoms with van der Waals surface area (Å²) in [6.07, 6.45) is -4.58. The minimum absolute atomic E-state index is 0.0815. The Morgan fingerprint density at radius 1 is 0.388 bits per heavy atom. The predicted octanol–water partition coefficient (Wildman–Crippen LogP) is 18.3. The summed E-state index contributed by atoms with van der Waals surface area (Å²) in [6.45, 7) is 27.5. The number of para-hydroxylation sites is 3. The number of benzene rings is 9. The number of rotatable bonds is 5. The van der Waals surface area contributed by atoms with E-state index in [2.05, 4.69) is 225 Å². The Balaban J connectivity index is 1.17. The molecule has 0 spiro atoms. The van der Waals surface area contributed by atoms with E-state index in [1.165, 1.54) is 44.7 Å². The maximum Gasteiger partial charge on any atom is 0.416 e. The average Bonchev–Trinajstić information content (AvgIpc) is 1.55. The lowest BCUT2D eigenvalue weighted by Crippen LogP contribution is -2.61. The molecule has 12 rings (SSSR count). The van der Waals surface area contributed by atoms with Crippen molar-refractivity contribution in [2.75, 3.05) is 9.80 Å². The molecule has 10 aromatic rings. The second-order valence-corrected chi connectivity index (χ2v) is 26.2. The molecule has 0 radical (unpaired) electrons. The van der Waals surface area contributed by atoms with Crippen molar-refractivity contribution >= 4 is 79.0 Å². The van der Waals surface area contributed by atoms with E-state index in [0.29, 0.717) is 22.4 Å². The van der Waals surface area contributed by atoms with Crippen molar-refractivity contribution in [3.05, 3.63) is 215 Å². The van der Waals surface area contributed by atoms with E-state index >= 15 is 0 Å². The lowest BCUT2D eigenvalue weighted by Gasteiger charge is -2.45. The highest BCUT2D eigenvalue weighted by atomic mass is 19.4. The maximum atomic E-state index is 14.6. The van der Waals surface area contributed by atoms with Crippen molar-refractivity contribution in [3.63, 3.8) is 0 Å². The van der Waals surface area contributed by atoms with Gasteiger partial charge in [0.25, 0.3) is 6.71 Å². The first-order chi connectivity index (χ1) is 37.8. The average molecular weight is 1060 g/mol. The molecule has 0 N–H and O–H groups in total. The number of halogens is 3. The van der Waals surface area contributed by atoms with E-state index in [4.69, 9.17) is 0 Å². The van der Waals surface area contributed by atoms with E-state index < -0.39 is 11.7 Å². The summed E-state index contributed by atoms with van der Waals surface area (Å²) >= 11 is 0. The van der Waals surface area contributed by atoms with Crippen LogP contribution in [0.2, 0.25) is 0 Å². The third-order valence-corrected chi connectivity index (χ3v) is 16.6. The smallest absolute Gasteiger partial charge is 0.311 e. The van der Waals surface area contributed by atoms with Crippen molar-refractivity contribution in [3.8, 4) is 34.0 Å². The number of fused-ring (bicyclic) bond motifs is 7. The van der Waals surface area contributed by atoms with Crippen molar-refractivity contribution < 1.29 is 13.2 Å². The first-order valence-electron chi connectivity index (χ1n) is 27.8. The van der Waals surface area contributed by atoms with Gasteiger partial charge in [-0.1, -0.05) is 168 Å². The molecule has 9 aromatic carbocycles. The van der Waals surface area contributed by atoms with Gasteiger partial charge in [-0.15, -0.1) is 0 Å². The van der Waals surface area contributed by atoms with Crippen LogP contribution in [0.5, 0.6) is 0 Å². The molecule has 2 aliphatic heterocycles. The number of anilines is 6. The van der Waals surface area contributed by atoms with E-state index in [1.54, 1.807) is 30.3 Å². The SMILES string of the molecule is CC(C)(C)c1cc(N2c3ccccc3B3c4ccccc4N(c4cc(C(C)(C)C)cc(C(C)(C)C)c4)c4cc(-c5ccc6c(c5)c5ccccc5n6-c5ccc(C(F)(F)F)cc5-c5cccc(C#N)c5)cc2c43)cc(C(C)(C)C)c1. The van der Waals surface area contributed by atoms with Gasteiger partial charge in [-0.2, -0.15) is 18.4 Å². The summed E-state index contributed by atoms with van der Waals surface area (Å²) in [5.74, 6) is 0. The first kappa shape index (κ1) is 52.4. The molecule has 0 saturated carbocycles. The van der Waals surface area contributed by atoms with Crippen LogP contribution in [0.3, 0.4) is 0 Å². The van der Waals surface area contributed by atoms with Crippen LogP contribution in [0.4, 0.5) is 47.3 Å². The summed E-state index contributed by atoms with van der Waals surface area (Å²) in [5, 5.41) is 11.8. The van der Waals surface area contributed by atoms with Gasteiger partial charge in [-0.25, -0.2) is 0 Å². The normalized spacial score (nSPS) is 13.6. The maximum absolute atomic E-state index is 14.6. The van der Waals surface area contributed by atoms with E-state index in [9.17, 15) is 18.4 Å². The van der Waals surface area contributed by atoms with Gasteiger partial charge in [0.1, 0.15) is 0 Å². The zero-order valence-electron chi connectivity index (χ0n) is 47.8. The summed E-state index contributed by atoms with van der Waals surface area (Å²) in [5.41, 5.74) is 19.8. The summed E-state index contributed by atoms with van der Waals surface area (Å²) in [4.78, 5) is 5.05. The van der Waals surface area contributed by atoms with Crippen LogP contribution in [0.25, 0.3) is 49.7 Å². The number of aromatic nitrogens is 1. The van der Waals surface area contributed by atoms with Crippen LogP contribution in [0.1, 0.15) is 116 Å². The number of nitriles is 1. The van der Waals surface area contributed by atoms with Crippen LogP contribution < -0.4 is 26.2 Å². The minimum atomic E-state index is -4.58. The molecule has 8 heteroatoms. The fraction of sp³-hybridized carbons (Fsp3) is 0.236. The van der Waals surface area contributed by atoms with Crippen LogP contribution in [0, 0.1) is 11.3 Å². The third-order valence-electron chi connectivity index (χ3n) is 16.6. The molecule has 0 bridgehead atoms. The van der Waals surface area contributed by atoms with Crippen LogP contribution in [-0.4, -0.2) is 11.3 Å². The Morgan fingerprint density at radius 2 is 0.887 bits per heavy atom.